The zero-order valence-electron chi connectivity index (χ0n) is 16.6. The molecule has 0 saturated heterocycles. The van der Waals surface area contributed by atoms with Gasteiger partial charge in [0, 0.05) is 19.1 Å². The molecule has 6 heteroatoms. The summed E-state index contributed by atoms with van der Waals surface area (Å²) in [6.07, 6.45) is 8.13. The maximum atomic E-state index is 13.1. The number of hydrogen-bond donors (Lipinski definition) is 0. The maximum absolute atomic E-state index is 13.1. The third-order valence-electron chi connectivity index (χ3n) is 5.10. The average Bonchev–Trinajstić information content (AvgIpc) is 2.61. The fourth-order valence-corrected chi connectivity index (χ4v) is 3.41. The van der Waals surface area contributed by atoms with Gasteiger partial charge in [-0.2, -0.15) is 0 Å². The minimum absolute atomic E-state index is 0.145. The van der Waals surface area contributed by atoms with Crippen LogP contribution in [0.4, 0.5) is 0 Å². The summed E-state index contributed by atoms with van der Waals surface area (Å²) < 4.78 is 3.74. The number of rotatable bonds is 11. The fourth-order valence-electron chi connectivity index (χ4n) is 3.41. The van der Waals surface area contributed by atoms with Crippen molar-refractivity contribution in [1.82, 2.24) is 13.7 Å². The zero-order chi connectivity index (χ0) is 19.0. The molecule has 1 aromatic heterocycles. The standard InChI is InChI=1S/C19H35N3O3/c1-6-10-12-14-16(9-4)22-18(24)20(5)17(23)21(19(22)25)15(8-3)13-11-7-2/h15-16H,6-14H2,1-5H3. The molecule has 0 spiro atoms. The topological polar surface area (TPSA) is 66.0 Å². The van der Waals surface area contributed by atoms with Crippen molar-refractivity contribution < 1.29 is 0 Å². The van der Waals surface area contributed by atoms with Gasteiger partial charge in [-0.15, -0.1) is 0 Å². The SMILES string of the molecule is CCCCCC(CC)n1c(=O)n(C)c(=O)n(C(CC)CCCC)c1=O. The molecule has 6 nitrogen and oxygen atoms in total. The van der Waals surface area contributed by atoms with Gasteiger partial charge in [0.15, 0.2) is 0 Å². The molecule has 1 heterocycles. The Morgan fingerprint density at radius 2 is 1.12 bits per heavy atom. The van der Waals surface area contributed by atoms with Gasteiger partial charge in [0.05, 0.1) is 0 Å². The Kier molecular flexibility index (Phi) is 8.93. The van der Waals surface area contributed by atoms with Crippen molar-refractivity contribution in [3.05, 3.63) is 31.5 Å². The van der Waals surface area contributed by atoms with Crippen LogP contribution in [0.1, 0.15) is 97.6 Å². The second-order valence-electron chi connectivity index (χ2n) is 6.91. The second kappa shape index (κ2) is 10.4. The zero-order valence-corrected chi connectivity index (χ0v) is 16.6. The quantitative estimate of drug-likeness (QED) is 0.573. The Labute approximate surface area is 150 Å². The molecule has 0 aliphatic rings. The van der Waals surface area contributed by atoms with Gasteiger partial charge >= 0.3 is 17.1 Å². The normalized spacial score (nSPS) is 13.8. The summed E-state index contributed by atoms with van der Waals surface area (Å²) in [5.74, 6) is 0. The van der Waals surface area contributed by atoms with Gasteiger partial charge in [-0.3, -0.25) is 0 Å². The minimum Gasteiger partial charge on any atom is -0.248 e. The monoisotopic (exact) mass is 353 g/mol. The van der Waals surface area contributed by atoms with E-state index in [0.29, 0.717) is 12.8 Å². The van der Waals surface area contributed by atoms with Gasteiger partial charge in [0.25, 0.3) is 0 Å². The first kappa shape index (κ1) is 21.5. The van der Waals surface area contributed by atoms with E-state index in [1.165, 1.54) is 16.2 Å². The maximum Gasteiger partial charge on any atom is 0.336 e. The van der Waals surface area contributed by atoms with Crippen LogP contribution in [0.3, 0.4) is 0 Å². The first-order chi connectivity index (χ1) is 11.9. The van der Waals surface area contributed by atoms with E-state index >= 15 is 0 Å². The van der Waals surface area contributed by atoms with Gasteiger partial charge in [-0.05, 0) is 25.7 Å². The van der Waals surface area contributed by atoms with E-state index in [2.05, 4.69) is 13.8 Å². The molecule has 0 aliphatic carbocycles. The summed E-state index contributed by atoms with van der Waals surface area (Å²) in [6, 6.07) is -0.292. The molecule has 2 unspecified atom stereocenters. The Balaban J connectivity index is 3.46. The van der Waals surface area contributed by atoms with Crippen molar-refractivity contribution in [3.63, 3.8) is 0 Å². The van der Waals surface area contributed by atoms with E-state index in [0.717, 1.165) is 49.5 Å². The van der Waals surface area contributed by atoms with Crippen LogP contribution in [0.15, 0.2) is 14.4 Å². The van der Waals surface area contributed by atoms with Crippen LogP contribution in [0.5, 0.6) is 0 Å². The van der Waals surface area contributed by atoms with E-state index in [9.17, 15) is 14.4 Å². The van der Waals surface area contributed by atoms with Crippen molar-refractivity contribution in [2.45, 2.75) is 97.6 Å². The van der Waals surface area contributed by atoms with E-state index in [1.54, 1.807) is 0 Å². The lowest BCUT2D eigenvalue weighted by atomic mass is 10.1. The first-order valence-electron chi connectivity index (χ1n) is 9.88. The van der Waals surface area contributed by atoms with Gasteiger partial charge < -0.3 is 0 Å². The lowest BCUT2D eigenvalue weighted by Crippen LogP contribution is -2.55. The predicted octanol–water partition coefficient (Wildman–Crippen LogP) is 3.38. The van der Waals surface area contributed by atoms with Crippen LogP contribution in [0.25, 0.3) is 0 Å². The van der Waals surface area contributed by atoms with Crippen molar-refractivity contribution in [2.24, 2.45) is 7.05 Å². The molecule has 0 fully saturated rings. The summed E-state index contributed by atoms with van der Waals surface area (Å²) in [5, 5.41) is 0. The lowest BCUT2D eigenvalue weighted by Gasteiger charge is -2.23. The lowest BCUT2D eigenvalue weighted by molar-refractivity contribution is 0.326. The number of aromatic nitrogens is 3. The summed E-state index contributed by atoms with van der Waals surface area (Å²) in [6.45, 7) is 8.20. The van der Waals surface area contributed by atoms with Crippen LogP contribution < -0.4 is 17.1 Å². The van der Waals surface area contributed by atoms with Crippen LogP contribution >= 0.6 is 0 Å². The molecule has 0 saturated carbocycles. The summed E-state index contributed by atoms with van der Waals surface area (Å²) in [4.78, 5) is 38.3. The Hall–Kier alpha value is -1.59. The molecule has 0 bridgehead atoms. The molecule has 0 aromatic carbocycles. The molecular weight excluding hydrogens is 318 g/mol. The molecule has 25 heavy (non-hydrogen) atoms. The highest BCUT2D eigenvalue weighted by molar-refractivity contribution is 4.85. The fraction of sp³-hybridized carbons (Fsp3) is 0.842. The van der Waals surface area contributed by atoms with Crippen molar-refractivity contribution >= 4 is 0 Å². The van der Waals surface area contributed by atoms with Crippen LogP contribution in [-0.2, 0) is 7.05 Å². The van der Waals surface area contributed by atoms with E-state index in [1.807, 2.05) is 13.8 Å². The Bertz CT molecular complexity index is 699. The van der Waals surface area contributed by atoms with Crippen LogP contribution in [0, 0.1) is 0 Å². The molecule has 2 atom stereocenters. The smallest absolute Gasteiger partial charge is 0.248 e. The predicted molar refractivity (Wildman–Crippen MR) is 103 cm³/mol. The van der Waals surface area contributed by atoms with Gasteiger partial charge in [-0.1, -0.05) is 59.8 Å². The average molecular weight is 354 g/mol. The van der Waals surface area contributed by atoms with Gasteiger partial charge in [0.1, 0.15) is 0 Å². The second-order valence-corrected chi connectivity index (χ2v) is 6.91. The van der Waals surface area contributed by atoms with Crippen LogP contribution in [-0.4, -0.2) is 13.7 Å². The third kappa shape index (κ3) is 4.95. The molecular formula is C19H35N3O3. The first-order valence-corrected chi connectivity index (χ1v) is 9.88. The van der Waals surface area contributed by atoms with E-state index in [-0.39, 0.29) is 12.1 Å². The van der Waals surface area contributed by atoms with Crippen molar-refractivity contribution in [3.8, 4) is 0 Å². The number of unbranched alkanes of at least 4 members (excludes halogenated alkanes) is 3. The van der Waals surface area contributed by atoms with Crippen molar-refractivity contribution in [1.29, 1.82) is 0 Å². The van der Waals surface area contributed by atoms with Gasteiger partial charge in [0.2, 0.25) is 0 Å². The minimum atomic E-state index is -0.488. The van der Waals surface area contributed by atoms with E-state index < -0.39 is 17.1 Å². The molecule has 144 valence electrons. The van der Waals surface area contributed by atoms with Gasteiger partial charge in [-0.25, -0.2) is 28.1 Å². The summed E-state index contributed by atoms with van der Waals surface area (Å²) in [5.41, 5.74) is -1.41. The largest absolute Gasteiger partial charge is 0.336 e. The number of hydrogen-bond acceptors (Lipinski definition) is 3. The van der Waals surface area contributed by atoms with E-state index in [4.69, 9.17) is 0 Å². The molecule has 0 radical (unpaired) electrons. The molecule has 1 aromatic rings. The Morgan fingerprint density at radius 3 is 1.52 bits per heavy atom. The Morgan fingerprint density at radius 1 is 0.680 bits per heavy atom. The summed E-state index contributed by atoms with van der Waals surface area (Å²) >= 11 is 0. The molecule has 0 amide bonds. The number of nitrogens with zero attached hydrogens (tertiary/aromatic N) is 3. The highest BCUT2D eigenvalue weighted by Crippen LogP contribution is 2.18. The summed E-state index contributed by atoms with van der Waals surface area (Å²) in [7, 11) is 1.47. The van der Waals surface area contributed by atoms with Crippen LogP contribution in [0.2, 0.25) is 0 Å². The molecule has 1 rings (SSSR count). The molecule has 0 aliphatic heterocycles. The third-order valence-corrected chi connectivity index (χ3v) is 5.10. The van der Waals surface area contributed by atoms with Crippen molar-refractivity contribution in [2.75, 3.05) is 0 Å². The highest BCUT2D eigenvalue weighted by atomic mass is 16.2. The highest BCUT2D eigenvalue weighted by Gasteiger charge is 2.22. The molecule has 0 N–H and O–H groups in total.